The summed E-state index contributed by atoms with van der Waals surface area (Å²) in [5.74, 6) is -0.499. The number of carboxylic acids is 1. The molecular formula is C16H28N2O4S. The summed E-state index contributed by atoms with van der Waals surface area (Å²) in [4.78, 5) is 39.0. The third-order valence-corrected chi connectivity index (χ3v) is 5.51. The van der Waals surface area contributed by atoms with Crippen LogP contribution in [-0.4, -0.2) is 70.4 Å². The van der Waals surface area contributed by atoms with Gasteiger partial charge >= 0.3 is 5.97 Å². The van der Waals surface area contributed by atoms with E-state index in [1.165, 1.54) is 4.90 Å². The van der Waals surface area contributed by atoms with E-state index < -0.39 is 11.9 Å². The van der Waals surface area contributed by atoms with Gasteiger partial charge in [-0.15, -0.1) is 11.8 Å². The highest BCUT2D eigenvalue weighted by Gasteiger charge is 2.31. The van der Waals surface area contributed by atoms with Crippen LogP contribution < -0.4 is 0 Å². The van der Waals surface area contributed by atoms with E-state index in [0.29, 0.717) is 19.4 Å². The lowest BCUT2D eigenvalue weighted by Gasteiger charge is -2.33. The summed E-state index contributed by atoms with van der Waals surface area (Å²) < 4.78 is 0. The van der Waals surface area contributed by atoms with Crippen molar-refractivity contribution in [1.82, 2.24) is 9.80 Å². The number of likely N-dealkylation sites (tertiary alicyclic amines) is 1. The number of hydrogen-bond donors (Lipinski definition) is 1. The number of aliphatic carboxylic acids is 1. The molecule has 0 saturated carbocycles. The normalized spacial score (nSPS) is 19.5. The maximum Gasteiger partial charge on any atom is 0.308 e. The van der Waals surface area contributed by atoms with Crippen molar-refractivity contribution in [3.8, 4) is 0 Å². The van der Waals surface area contributed by atoms with Gasteiger partial charge in [0.15, 0.2) is 0 Å². The maximum atomic E-state index is 12.5. The van der Waals surface area contributed by atoms with Gasteiger partial charge in [-0.1, -0.05) is 20.8 Å². The molecule has 1 rings (SSSR count). The Morgan fingerprint density at radius 2 is 2.00 bits per heavy atom. The minimum absolute atomic E-state index is 0.0126. The number of hydrogen-bond acceptors (Lipinski definition) is 4. The predicted molar refractivity (Wildman–Crippen MR) is 91.3 cm³/mol. The van der Waals surface area contributed by atoms with Gasteiger partial charge in [-0.25, -0.2) is 0 Å². The van der Waals surface area contributed by atoms with Gasteiger partial charge in [0.25, 0.3) is 0 Å². The number of thioether (sulfide) groups is 1. The molecule has 7 heteroatoms. The van der Waals surface area contributed by atoms with Crippen LogP contribution in [0.3, 0.4) is 0 Å². The van der Waals surface area contributed by atoms with Crippen molar-refractivity contribution >= 4 is 29.5 Å². The number of carbonyl (C=O) groups is 3. The third-order valence-electron chi connectivity index (χ3n) is 4.07. The van der Waals surface area contributed by atoms with E-state index in [1.54, 1.807) is 23.7 Å². The van der Waals surface area contributed by atoms with Gasteiger partial charge in [0.2, 0.25) is 11.8 Å². The molecule has 23 heavy (non-hydrogen) atoms. The molecule has 0 aliphatic carbocycles. The van der Waals surface area contributed by atoms with Crippen LogP contribution in [0.2, 0.25) is 0 Å². The first-order chi connectivity index (χ1) is 10.8. The molecule has 1 heterocycles. The van der Waals surface area contributed by atoms with Crippen molar-refractivity contribution in [3.05, 3.63) is 0 Å². The Morgan fingerprint density at radius 1 is 1.35 bits per heavy atom. The zero-order chi connectivity index (χ0) is 17.6. The monoisotopic (exact) mass is 344 g/mol. The van der Waals surface area contributed by atoms with Crippen molar-refractivity contribution < 1.29 is 19.5 Å². The van der Waals surface area contributed by atoms with Crippen LogP contribution in [0.4, 0.5) is 0 Å². The number of carboxylic acid groups (broad SMARTS) is 1. The van der Waals surface area contributed by atoms with E-state index in [1.807, 2.05) is 20.8 Å². The Morgan fingerprint density at radius 3 is 2.52 bits per heavy atom. The van der Waals surface area contributed by atoms with Crippen molar-refractivity contribution in [2.45, 2.75) is 38.9 Å². The van der Waals surface area contributed by atoms with Crippen LogP contribution in [0.5, 0.6) is 0 Å². The largest absolute Gasteiger partial charge is 0.481 e. The molecule has 132 valence electrons. The van der Waals surface area contributed by atoms with E-state index >= 15 is 0 Å². The number of rotatable bonds is 7. The first kappa shape index (κ1) is 19.8. The molecule has 6 nitrogen and oxygen atoms in total. The first-order valence-electron chi connectivity index (χ1n) is 8.15. The molecule has 1 fully saturated rings. The van der Waals surface area contributed by atoms with E-state index in [0.717, 1.165) is 5.75 Å². The molecule has 1 N–H and O–H groups in total. The molecule has 0 aromatic heterocycles. The first-order valence-corrected chi connectivity index (χ1v) is 9.19. The van der Waals surface area contributed by atoms with Crippen LogP contribution >= 0.6 is 11.8 Å². The van der Waals surface area contributed by atoms with Gasteiger partial charge in [-0.3, -0.25) is 14.4 Å². The molecule has 1 saturated heterocycles. The SMILES string of the molecule is CCSC(C(=O)N(C)CC(=O)N1CCCC(C(=O)O)C1)C(C)C. The highest BCUT2D eigenvalue weighted by Crippen LogP contribution is 2.22. The van der Waals surface area contributed by atoms with Gasteiger partial charge in [0.05, 0.1) is 17.7 Å². The van der Waals surface area contributed by atoms with Crippen molar-refractivity contribution in [2.75, 3.05) is 32.4 Å². The molecule has 0 aromatic carbocycles. The Labute approximate surface area is 142 Å². The molecular weight excluding hydrogens is 316 g/mol. The van der Waals surface area contributed by atoms with E-state index in [2.05, 4.69) is 0 Å². The Kier molecular flexibility index (Phi) is 7.88. The number of amides is 2. The quantitative estimate of drug-likeness (QED) is 0.758. The van der Waals surface area contributed by atoms with Crippen molar-refractivity contribution in [2.24, 2.45) is 11.8 Å². The molecule has 0 spiro atoms. The van der Waals surface area contributed by atoms with Crippen molar-refractivity contribution in [1.29, 1.82) is 0 Å². The lowest BCUT2D eigenvalue weighted by molar-refractivity contribution is -0.147. The summed E-state index contributed by atoms with van der Waals surface area (Å²) in [6, 6.07) is 0. The number of piperidine rings is 1. The van der Waals surface area contributed by atoms with Gasteiger partial charge in [0, 0.05) is 20.1 Å². The third kappa shape index (κ3) is 5.71. The second-order valence-corrected chi connectivity index (χ2v) is 7.75. The summed E-state index contributed by atoms with van der Waals surface area (Å²) in [7, 11) is 1.64. The molecule has 1 aliphatic heterocycles. The van der Waals surface area contributed by atoms with E-state index in [4.69, 9.17) is 5.11 Å². The number of carbonyl (C=O) groups excluding carboxylic acids is 2. The standard InChI is InChI=1S/C16H28N2O4S/c1-5-23-14(11(2)3)15(20)17(4)10-13(19)18-8-6-7-12(9-18)16(21)22/h11-12,14H,5-10H2,1-4H3,(H,21,22). The predicted octanol–water partition coefficient (Wildman–Crippen LogP) is 1.55. The molecule has 0 aromatic rings. The summed E-state index contributed by atoms with van der Waals surface area (Å²) in [5, 5.41) is 8.95. The second-order valence-electron chi connectivity index (χ2n) is 6.33. The number of likely N-dealkylation sites (N-methyl/N-ethyl adjacent to an activating group) is 1. The highest BCUT2D eigenvalue weighted by molar-refractivity contribution is 8.00. The maximum absolute atomic E-state index is 12.5. The Balaban J connectivity index is 2.61. The summed E-state index contributed by atoms with van der Waals surface area (Å²) >= 11 is 1.59. The lowest BCUT2D eigenvalue weighted by atomic mass is 9.98. The summed E-state index contributed by atoms with van der Waals surface area (Å²) in [5.41, 5.74) is 0. The average Bonchev–Trinajstić information content (AvgIpc) is 2.51. The van der Waals surface area contributed by atoms with Crippen LogP contribution in [0, 0.1) is 11.8 Å². The summed E-state index contributed by atoms with van der Waals surface area (Å²) in [6.45, 7) is 6.85. The topological polar surface area (TPSA) is 77.9 Å². The molecule has 2 amide bonds. The molecule has 0 radical (unpaired) electrons. The van der Waals surface area contributed by atoms with Gasteiger partial charge in [0.1, 0.15) is 0 Å². The van der Waals surface area contributed by atoms with Crippen molar-refractivity contribution in [3.63, 3.8) is 0 Å². The highest BCUT2D eigenvalue weighted by atomic mass is 32.2. The summed E-state index contributed by atoms with van der Waals surface area (Å²) in [6.07, 6.45) is 1.30. The van der Waals surface area contributed by atoms with Gasteiger partial charge in [-0.2, -0.15) is 0 Å². The molecule has 1 aliphatic rings. The fraction of sp³-hybridized carbons (Fsp3) is 0.812. The van der Waals surface area contributed by atoms with E-state index in [-0.39, 0.29) is 36.1 Å². The van der Waals surface area contributed by atoms with Crippen LogP contribution in [0.1, 0.15) is 33.6 Å². The van der Waals surface area contributed by atoms with Crippen LogP contribution in [0.25, 0.3) is 0 Å². The minimum Gasteiger partial charge on any atom is -0.481 e. The molecule has 2 unspecified atom stereocenters. The minimum atomic E-state index is -0.855. The number of nitrogens with zero attached hydrogens (tertiary/aromatic N) is 2. The Hall–Kier alpha value is -1.24. The van der Waals surface area contributed by atoms with E-state index in [9.17, 15) is 14.4 Å². The molecule has 0 bridgehead atoms. The lowest BCUT2D eigenvalue weighted by Crippen LogP contribution is -2.48. The van der Waals surface area contributed by atoms with Gasteiger partial charge in [-0.05, 0) is 24.5 Å². The van der Waals surface area contributed by atoms with Crippen LogP contribution in [-0.2, 0) is 14.4 Å². The smallest absolute Gasteiger partial charge is 0.308 e. The second kappa shape index (κ2) is 9.15. The van der Waals surface area contributed by atoms with Crippen LogP contribution in [0.15, 0.2) is 0 Å². The fourth-order valence-electron chi connectivity index (χ4n) is 2.73. The zero-order valence-corrected chi connectivity index (χ0v) is 15.3. The Bertz CT molecular complexity index is 442. The zero-order valence-electron chi connectivity index (χ0n) is 14.4. The average molecular weight is 344 g/mol. The molecule has 2 atom stereocenters. The van der Waals surface area contributed by atoms with Gasteiger partial charge < -0.3 is 14.9 Å². The fourth-order valence-corrected chi connectivity index (χ4v) is 3.80.